The van der Waals surface area contributed by atoms with Crippen molar-refractivity contribution in [3.05, 3.63) is 72.1 Å². The molecule has 0 spiro atoms. The summed E-state index contributed by atoms with van der Waals surface area (Å²) in [4.78, 5) is 8.82. The first kappa shape index (κ1) is 13.0. The molecule has 0 atom stereocenters. The van der Waals surface area contributed by atoms with Crippen LogP contribution in [0.4, 0.5) is 0 Å². The molecular formula is C18H13N3. The lowest BCUT2D eigenvalue weighted by Crippen LogP contribution is -1.90. The van der Waals surface area contributed by atoms with E-state index in [-0.39, 0.29) is 0 Å². The lowest BCUT2D eigenvalue weighted by atomic mass is 10.1. The predicted octanol–water partition coefficient (Wildman–Crippen LogP) is 3.99. The van der Waals surface area contributed by atoms with E-state index in [1.54, 1.807) is 12.1 Å². The van der Waals surface area contributed by atoms with Crippen molar-refractivity contribution in [1.82, 2.24) is 9.97 Å². The molecule has 0 unspecified atom stereocenters. The Morgan fingerprint density at radius 2 is 1.33 bits per heavy atom. The first-order chi connectivity index (χ1) is 10.3. The number of benzene rings is 2. The maximum Gasteiger partial charge on any atom is 0.159 e. The Hall–Kier alpha value is -2.99. The number of hydrogen-bond donors (Lipinski definition) is 0. The monoisotopic (exact) mass is 271 g/mol. The molecule has 3 heteroatoms. The molecule has 3 aromatic rings. The Morgan fingerprint density at radius 3 is 1.90 bits per heavy atom. The Bertz CT molecular complexity index is 780. The van der Waals surface area contributed by atoms with Gasteiger partial charge in [0.2, 0.25) is 0 Å². The van der Waals surface area contributed by atoms with E-state index in [1.165, 1.54) is 5.56 Å². The summed E-state index contributed by atoms with van der Waals surface area (Å²) in [6.45, 7) is 2.06. The summed E-state index contributed by atoms with van der Waals surface area (Å²) in [7, 11) is 0. The second-order valence-electron chi connectivity index (χ2n) is 4.85. The van der Waals surface area contributed by atoms with E-state index in [9.17, 15) is 0 Å². The van der Waals surface area contributed by atoms with Crippen molar-refractivity contribution >= 4 is 0 Å². The molecule has 100 valence electrons. The van der Waals surface area contributed by atoms with Crippen LogP contribution < -0.4 is 0 Å². The molecule has 1 heterocycles. The quantitative estimate of drug-likeness (QED) is 0.708. The van der Waals surface area contributed by atoms with Gasteiger partial charge in [-0.05, 0) is 36.8 Å². The molecule has 0 fully saturated rings. The molecule has 0 aliphatic rings. The molecule has 3 rings (SSSR count). The highest BCUT2D eigenvalue weighted by atomic mass is 14.9. The number of nitriles is 1. The Labute approximate surface area is 123 Å². The van der Waals surface area contributed by atoms with Crippen LogP contribution in [-0.2, 0) is 0 Å². The lowest BCUT2D eigenvalue weighted by Gasteiger charge is -2.04. The summed E-state index contributed by atoms with van der Waals surface area (Å²) in [6, 6.07) is 17.6. The molecule has 0 saturated heterocycles. The fourth-order valence-corrected chi connectivity index (χ4v) is 2.07. The predicted molar refractivity (Wildman–Crippen MR) is 82.4 cm³/mol. The van der Waals surface area contributed by atoms with E-state index in [0.717, 1.165) is 16.7 Å². The molecule has 0 N–H and O–H groups in total. The average Bonchev–Trinajstić information content (AvgIpc) is 2.56. The standard InChI is InChI=1S/C18H13N3/c1-13-2-6-15(7-3-13)17-11-20-18(21-12-17)16-8-4-14(10-19)5-9-16/h2-9,11-12H,1H3. The number of aromatic nitrogens is 2. The van der Waals surface area contributed by atoms with Crippen LogP contribution in [0.15, 0.2) is 60.9 Å². The minimum atomic E-state index is 0.634. The first-order valence-corrected chi connectivity index (χ1v) is 6.66. The smallest absolute Gasteiger partial charge is 0.159 e. The minimum Gasteiger partial charge on any atom is -0.236 e. The summed E-state index contributed by atoms with van der Waals surface area (Å²) in [5, 5.41) is 8.80. The number of hydrogen-bond acceptors (Lipinski definition) is 3. The Morgan fingerprint density at radius 1 is 0.762 bits per heavy atom. The Balaban J connectivity index is 1.89. The summed E-state index contributed by atoms with van der Waals surface area (Å²) < 4.78 is 0. The zero-order valence-corrected chi connectivity index (χ0v) is 11.6. The van der Waals surface area contributed by atoms with Crippen LogP contribution in [0.3, 0.4) is 0 Å². The van der Waals surface area contributed by atoms with Crippen molar-refractivity contribution in [1.29, 1.82) is 5.26 Å². The van der Waals surface area contributed by atoms with Gasteiger partial charge in [-0.15, -0.1) is 0 Å². The number of nitrogens with zero attached hydrogens (tertiary/aromatic N) is 3. The van der Waals surface area contributed by atoms with Crippen molar-refractivity contribution in [2.75, 3.05) is 0 Å². The topological polar surface area (TPSA) is 49.6 Å². The van der Waals surface area contributed by atoms with Crippen molar-refractivity contribution < 1.29 is 0 Å². The molecule has 1 aromatic heterocycles. The van der Waals surface area contributed by atoms with Crippen LogP contribution in [0.5, 0.6) is 0 Å². The van der Waals surface area contributed by atoms with Gasteiger partial charge in [0.05, 0.1) is 11.6 Å². The summed E-state index contributed by atoms with van der Waals surface area (Å²) in [6.07, 6.45) is 3.65. The van der Waals surface area contributed by atoms with E-state index in [4.69, 9.17) is 5.26 Å². The zero-order chi connectivity index (χ0) is 14.7. The molecule has 0 saturated carbocycles. The van der Waals surface area contributed by atoms with Crippen LogP contribution in [0.25, 0.3) is 22.5 Å². The SMILES string of the molecule is Cc1ccc(-c2cnc(-c3ccc(C#N)cc3)nc2)cc1. The van der Waals surface area contributed by atoms with Gasteiger partial charge in [0.25, 0.3) is 0 Å². The van der Waals surface area contributed by atoms with Crippen molar-refractivity contribution in [2.24, 2.45) is 0 Å². The lowest BCUT2D eigenvalue weighted by molar-refractivity contribution is 1.18. The van der Waals surface area contributed by atoms with Gasteiger partial charge in [0, 0.05) is 23.5 Å². The summed E-state index contributed by atoms with van der Waals surface area (Å²) in [5.41, 5.74) is 4.87. The van der Waals surface area contributed by atoms with E-state index >= 15 is 0 Å². The van der Waals surface area contributed by atoms with E-state index in [1.807, 2.05) is 24.5 Å². The highest BCUT2D eigenvalue weighted by molar-refractivity contribution is 5.64. The van der Waals surface area contributed by atoms with Crippen molar-refractivity contribution in [3.63, 3.8) is 0 Å². The van der Waals surface area contributed by atoms with E-state index < -0.39 is 0 Å². The zero-order valence-electron chi connectivity index (χ0n) is 11.6. The molecule has 0 aliphatic heterocycles. The fraction of sp³-hybridized carbons (Fsp3) is 0.0556. The van der Waals surface area contributed by atoms with E-state index in [0.29, 0.717) is 11.4 Å². The third-order valence-electron chi connectivity index (χ3n) is 3.31. The maximum atomic E-state index is 8.80. The van der Waals surface area contributed by atoms with Gasteiger partial charge in [0.1, 0.15) is 0 Å². The Kier molecular flexibility index (Phi) is 3.44. The van der Waals surface area contributed by atoms with Gasteiger partial charge < -0.3 is 0 Å². The maximum absolute atomic E-state index is 8.80. The highest BCUT2D eigenvalue weighted by Gasteiger charge is 2.03. The van der Waals surface area contributed by atoms with Crippen LogP contribution in [0.1, 0.15) is 11.1 Å². The van der Waals surface area contributed by atoms with Gasteiger partial charge in [0.15, 0.2) is 5.82 Å². The molecule has 0 radical (unpaired) electrons. The van der Waals surface area contributed by atoms with Gasteiger partial charge >= 0.3 is 0 Å². The van der Waals surface area contributed by atoms with Crippen LogP contribution in [0, 0.1) is 18.3 Å². The van der Waals surface area contributed by atoms with Gasteiger partial charge in [-0.2, -0.15) is 5.26 Å². The largest absolute Gasteiger partial charge is 0.236 e. The second kappa shape index (κ2) is 5.56. The van der Waals surface area contributed by atoms with Crippen molar-refractivity contribution in [3.8, 4) is 28.6 Å². The second-order valence-corrected chi connectivity index (χ2v) is 4.85. The number of aryl methyl sites for hydroxylation is 1. The van der Waals surface area contributed by atoms with E-state index in [2.05, 4.69) is 47.2 Å². The summed E-state index contributed by atoms with van der Waals surface area (Å²) >= 11 is 0. The van der Waals surface area contributed by atoms with Gasteiger partial charge in [-0.25, -0.2) is 9.97 Å². The molecular weight excluding hydrogens is 258 g/mol. The van der Waals surface area contributed by atoms with Crippen LogP contribution in [-0.4, -0.2) is 9.97 Å². The third kappa shape index (κ3) is 2.80. The van der Waals surface area contributed by atoms with Crippen molar-refractivity contribution in [2.45, 2.75) is 6.92 Å². The highest BCUT2D eigenvalue weighted by Crippen LogP contribution is 2.21. The fourth-order valence-electron chi connectivity index (χ4n) is 2.07. The normalized spacial score (nSPS) is 10.1. The molecule has 3 nitrogen and oxygen atoms in total. The summed E-state index contributed by atoms with van der Waals surface area (Å²) in [5.74, 6) is 0.662. The minimum absolute atomic E-state index is 0.634. The molecule has 0 aliphatic carbocycles. The van der Waals surface area contributed by atoms with Gasteiger partial charge in [-0.1, -0.05) is 29.8 Å². The van der Waals surface area contributed by atoms with Crippen LogP contribution in [0.2, 0.25) is 0 Å². The molecule has 2 aromatic carbocycles. The third-order valence-corrected chi connectivity index (χ3v) is 3.31. The molecule has 0 amide bonds. The average molecular weight is 271 g/mol. The van der Waals surface area contributed by atoms with Crippen LogP contribution >= 0.6 is 0 Å². The molecule has 0 bridgehead atoms. The van der Waals surface area contributed by atoms with Gasteiger partial charge in [-0.3, -0.25) is 0 Å². The first-order valence-electron chi connectivity index (χ1n) is 6.66. The number of rotatable bonds is 2. The molecule has 21 heavy (non-hydrogen) atoms.